The van der Waals surface area contributed by atoms with E-state index in [-0.39, 0.29) is 5.96 Å². The van der Waals surface area contributed by atoms with Gasteiger partial charge in [-0.15, -0.1) is 0 Å². The lowest BCUT2D eigenvalue weighted by Crippen LogP contribution is -2.07. The Bertz CT molecular complexity index is 115. The second kappa shape index (κ2) is 3.18. The molecule has 8 heavy (non-hydrogen) atoms. The first-order valence-corrected chi connectivity index (χ1v) is 2.55. The van der Waals surface area contributed by atoms with Crippen LogP contribution in [-0.2, 0) is 0 Å². The third kappa shape index (κ3) is 3.33. The Morgan fingerprint density at radius 3 is 2.38 bits per heavy atom. The van der Waals surface area contributed by atoms with Crippen molar-refractivity contribution in [3.63, 3.8) is 0 Å². The van der Waals surface area contributed by atoms with Gasteiger partial charge >= 0.3 is 0 Å². The number of nitrogens with zero attached hydrogens (tertiary/aromatic N) is 1. The highest BCUT2D eigenvalue weighted by Gasteiger charge is 1.83. The van der Waals surface area contributed by atoms with Crippen LogP contribution in [0.5, 0.6) is 0 Å². The van der Waals surface area contributed by atoms with Crippen LogP contribution in [-0.4, -0.2) is 11.7 Å². The van der Waals surface area contributed by atoms with E-state index >= 15 is 0 Å². The van der Waals surface area contributed by atoms with E-state index in [0.717, 1.165) is 12.1 Å². The molecule has 3 N–H and O–H groups in total. The van der Waals surface area contributed by atoms with Crippen LogP contribution in [0.15, 0.2) is 4.99 Å². The lowest BCUT2D eigenvalue weighted by molar-refractivity contribution is 1.25. The van der Waals surface area contributed by atoms with Crippen LogP contribution in [0.2, 0.25) is 0 Å². The molecule has 0 rings (SSSR count). The van der Waals surface area contributed by atoms with Gasteiger partial charge in [0, 0.05) is 5.71 Å². The van der Waals surface area contributed by atoms with Crippen LogP contribution in [0.25, 0.3) is 0 Å². The number of guanidine groups is 1. The molecule has 3 heteroatoms. The van der Waals surface area contributed by atoms with Gasteiger partial charge in [0.1, 0.15) is 0 Å². The van der Waals surface area contributed by atoms with Gasteiger partial charge in [0.15, 0.2) is 0 Å². The first kappa shape index (κ1) is 7.14. The van der Waals surface area contributed by atoms with E-state index in [4.69, 9.17) is 11.1 Å². The molecule has 0 unspecified atom stereocenters. The summed E-state index contributed by atoms with van der Waals surface area (Å²) in [7, 11) is 0. The number of nitrogens with one attached hydrogen (secondary N) is 1. The van der Waals surface area contributed by atoms with Crippen molar-refractivity contribution >= 4 is 11.7 Å². The average molecular weight is 113 g/mol. The molecular formula is C5H11N3. The number of rotatable bonds is 1. The highest BCUT2D eigenvalue weighted by Crippen LogP contribution is 1.81. The zero-order chi connectivity index (χ0) is 6.57. The molecule has 0 aromatic rings. The minimum atomic E-state index is -0.107. The maximum atomic E-state index is 6.72. The van der Waals surface area contributed by atoms with Crippen LogP contribution in [0.1, 0.15) is 20.3 Å². The van der Waals surface area contributed by atoms with Crippen LogP contribution >= 0.6 is 0 Å². The van der Waals surface area contributed by atoms with Crippen LogP contribution in [0.4, 0.5) is 0 Å². The maximum Gasteiger partial charge on any atom is 0.212 e. The highest BCUT2D eigenvalue weighted by molar-refractivity contribution is 5.93. The average Bonchev–Trinajstić information content (AvgIpc) is 1.65. The minimum absolute atomic E-state index is 0.107. The fourth-order valence-electron chi connectivity index (χ4n) is 0.285. The summed E-state index contributed by atoms with van der Waals surface area (Å²) in [6.07, 6.45) is 0.861. The van der Waals surface area contributed by atoms with Crippen molar-refractivity contribution in [3.8, 4) is 0 Å². The van der Waals surface area contributed by atoms with E-state index in [1.807, 2.05) is 13.8 Å². The molecule has 0 aromatic heterocycles. The Morgan fingerprint density at radius 2 is 2.25 bits per heavy atom. The van der Waals surface area contributed by atoms with Crippen molar-refractivity contribution in [1.82, 2.24) is 0 Å². The molecule has 0 amide bonds. The summed E-state index contributed by atoms with van der Waals surface area (Å²) < 4.78 is 0. The molecule has 0 fully saturated rings. The molecule has 0 aliphatic carbocycles. The fourth-order valence-corrected chi connectivity index (χ4v) is 0.285. The summed E-state index contributed by atoms with van der Waals surface area (Å²) >= 11 is 0. The fraction of sp³-hybridized carbons (Fsp3) is 0.600. The summed E-state index contributed by atoms with van der Waals surface area (Å²) in [5.41, 5.74) is 5.87. The topological polar surface area (TPSA) is 62.2 Å². The Morgan fingerprint density at radius 1 is 1.75 bits per heavy atom. The molecule has 0 spiro atoms. The number of hydrogen-bond donors (Lipinski definition) is 2. The van der Waals surface area contributed by atoms with Crippen molar-refractivity contribution in [3.05, 3.63) is 0 Å². The molecule has 0 bridgehead atoms. The predicted octanol–water partition coefficient (Wildman–Crippen LogP) is 0.751. The molecule has 0 atom stereocenters. The standard InChI is InChI=1S/C5H11N3/c1-3-4(2)8-5(6)7/h3H2,1-2H3,(H3,6,7). The lowest BCUT2D eigenvalue weighted by Gasteiger charge is -1.89. The normalized spacial score (nSPS) is 11.5. The zero-order valence-electron chi connectivity index (χ0n) is 5.23. The largest absolute Gasteiger partial charge is 0.368 e. The van der Waals surface area contributed by atoms with Gasteiger partial charge in [0.25, 0.3) is 0 Å². The van der Waals surface area contributed by atoms with Gasteiger partial charge in [-0.25, -0.2) is 4.99 Å². The van der Waals surface area contributed by atoms with Crippen molar-refractivity contribution in [2.75, 3.05) is 0 Å². The molecule has 46 valence electrons. The van der Waals surface area contributed by atoms with Crippen LogP contribution in [0, 0.1) is 5.41 Å². The van der Waals surface area contributed by atoms with Crippen molar-refractivity contribution in [1.29, 1.82) is 5.41 Å². The van der Waals surface area contributed by atoms with Crippen LogP contribution in [0.3, 0.4) is 0 Å². The lowest BCUT2D eigenvalue weighted by atomic mass is 10.3. The van der Waals surface area contributed by atoms with Crippen LogP contribution < -0.4 is 5.73 Å². The molecule has 0 aliphatic heterocycles. The van der Waals surface area contributed by atoms with Crippen molar-refractivity contribution in [2.24, 2.45) is 10.7 Å². The third-order valence-electron chi connectivity index (χ3n) is 0.823. The van der Waals surface area contributed by atoms with Crippen molar-refractivity contribution in [2.45, 2.75) is 20.3 Å². The van der Waals surface area contributed by atoms with Gasteiger partial charge < -0.3 is 5.73 Å². The molecule has 0 saturated carbocycles. The SMILES string of the molecule is CCC(C)=NC(=N)N. The van der Waals surface area contributed by atoms with E-state index in [2.05, 4.69) is 4.99 Å². The molecule has 0 radical (unpaired) electrons. The van der Waals surface area contributed by atoms with Gasteiger partial charge in [-0.05, 0) is 13.3 Å². The van der Waals surface area contributed by atoms with Crippen molar-refractivity contribution < 1.29 is 0 Å². The van der Waals surface area contributed by atoms with E-state index in [0.29, 0.717) is 0 Å². The van der Waals surface area contributed by atoms with Gasteiger partial charge in [-0.3, -0.25) is 5.41 Å². The Kier molecular flexibility index (Phi) is 2.84. The van der Waals surface area contributed by atoms with Gasteiger partial charge in [-0.1, -0.05) is 6.92 Å². The van der Waals surface area contributed by atoms with Gasteiger partial charge in [0.05, 0.1) is 0 Å². The van der Waals surface area contributed by atoms with E-state index in [1.165, 1.54) is 0 Å². The highest BCUT2D eigenvalue weighted by atomic mass is 15.0. The minimum Gasteiger partial charge on any atom is -0.368 e. The summed E-state index contributed by atoms with van der Waals surface area (Å²) in [5.74, 6) is -0.107. The second-order valence-electron chi connectivity index (χ2n) is 1.59. The van der Waals surface area contributed by atoms with Gasteiger partial charge in [-0.2, -0.15) is 0 Å². The van der Waals surface area contributed by atoms with Gasteiger partial charge in [0.2, 0.25) is 5.96 Å². The zero-order valence-corrected chi connectivity index (χ0v) is 5.23. The Balaban J connectivity index is 3.75. The summed E-state index contributed by atoms with van der Waals surface area (Å²) in [6, 6.07) is 0. The Labute approximate surface area is 49.1 Å². The smallest absolute Gasteiger partial charge is 0.212 e. The van der Waals surface area contributed by atoms with E-state index in [9.17, 15) is 0 Å². The molecule has 0 saturated heterocycles. The Hall–Kier alpha value is -0.860. The second-order valence-corrected chi connectivity index (χ2v) is 1.59. The number of aliphatic imine (C=N–C) groups is 1. The quantitative estimate of drug-likeness (QED) is 0.382. The molecular weight excluding hydrogens is 102 g/mol. The first-order chi connectivity index (χ1) is 3.66. The molecule has 0 heterocycles. The van der Waals surface area contributed by atoms with E-state index < -0.39 is 0 Å². The number of hydrogen-bond acceptors (Lipinski definition) is 1. The summed E-state index contributed by atoms with van der Waals surface area (Å²) in [4.78, 5) is 3.67. The monoisotopic (exact) mass is 113 g/mol. The summed E-state index contributed by atoms with van der Waals surface area (Å²) in [5, 5.41) is 6.72. The third-order valence-corrected chi connectivity index (χ3v) is 0.823. The maximum absolute atomic E-state index is 6.72. The first-order valence-electron chi connectivity index (χ1n) is 2.55. The summed E-state index contributed by atoms with van der Waals surface area (Å²) in [6.45, 7) is 3.82. The van der Waals surface area contributed by atoms with E-state index in [1.54, 1.807) is 0 Å². The predicted molar refractivity (Wildman–Crippen MR) is 35.3 cm³/mol. The molecule has 0 aliphatic rings. The number of nitrogens with two attached hydrogens (primary N) is 1. The molecule has 3 nitrogen and oxygen atoms in total. The molecule has 0 aromatic carbocycles.